The van der Waals surface area contributed by atoms with Crippen molar-refractivity contribution in [1.82, 2.24) is 14.7 Å². The molecule has 20 heavy (non-hydrogen) atoms. The maximum absolute atomic E-state index is 5.49. The van der Waals surface area contributed by atoms with E-state index in [4.69, 9.17) is 9.47 Å². The van der Waals surface area contributed by atoms with Crippen LogP contribution in [0.2, 0.25) is 0 Å². The Kier molecular flexibility index (Phi) is 3.48. The first-order valence-corrected chi connectivity index (χ1v) is 7.70. The number of methoxy groups -OCH3 is 2. The number of hydrogen-bond donors (Lipinski definition) is 1. The third-order valence-electron chi connectivity index (χ3n) is 4.50. The van der Waals surface area contributed by atoms with E-state index in [0.29, 0.717) is 18.0 Å². The van der Waals surface area contributed by atoms with E-state index in [-0.39, 0.29) is 5.41 Å². The Morgan fingerprint density at radius 1 is 1.50 bits per heavy atom. The Balaban J connectivity index is 1.73. The number of nitrogens with zero attached hydrogens (tertiary/aromatic N) is 2. The van der Waals surface area contributed by atoms with Gasteiger partial charge in [0.2, 0.25) is 5.88 Å². The molecule has 1 fully saturated rings. The van der Waals surface area contributed by atoms with Crippen molar-refractivity contribution in [1.29, 1.82) is 0 Å². The first-order chi connectivity index (χ1) is 9.57. The van der Waals surface area contributed by atoms with E-state index in [1.165, 1.54) is 0 Å². The number of rotatable bonds is 5. The molecule has 0 bridgehead atoms. The summed E-state index contributed by atoms with van der Waals surface area (Å²) in [5, 5.41) is 5.66. The highest BCUT2D eigenvalue weighted by atomic mass is 32.1. The predicted octanol–water partition coefficient (Wildman–Crippen LogP) is 2.31. The van der Waals surface area contributed by atoms with Gasteiger partial charge in [-0.05, 0) is 6.42 Å². The zero-order valence-electron chi connectivity index (χ0n) is 12.3. The summed E-state index contributed by atoms with van der Waals surface area (Å²) in [6.45, 7) is 5.25. The third-order valence-corrected chi connectivity index (χ3v) is 5.25. The first kappa shape index (κ1) is 13.9. The van der Waals surface area contributed by atoms with Crippen LogP contribution in [0.1, 0.15) is 26.0 Å². The smallest absolute Gasteiger partial charge is 0.237 e. The highest BCUT2D eigenvalue weighted by molar-refractivity contribution is 7.15. The number of fused-ring (bicyclic) bond motifs is 1. The second-order valence-electron chi connectivity index (χ2n) is 5.84. The van der Waals surface area contributed by atoms with Gasteiger partial charge in [0, 0.05) is 36.7 Å². The second kappa shape index (κ2) is 5.02. The maximum atomic E-state index is 5.49. The molecule has 1 saturated carbocycles. The van der Waals surface area contributed by atoms with Gasteiger partial charge >= 0.3 is 0 Å². The number of thiazole rings is 1. The second-order valence-corrected chi connectivity index (χ2v) is 6.71. The van der Waals surface area contributed by atoms with Crippen LogP contribution in [-0.4, -0.2) is 35.8 Å². The lowest BCUT2D eigenvalue weighted by Crippen LogP contribution is -2.60. The molecule has 2 heterocycles. The van der Waals surface area contributed by atoms with Crippen LogP contribution in [0, 0.1) is 5.41 Å². The summed E-state index contributed by atoms with van der Waals surface area (Å²) < 4.78 is 13.0. The molecular weight excluding hydrogens is 274 g/mol. The van der Waals surface area contributed by atoms with Crippen LogP contribution in [0.3, 0.4) is 0 Å². The lowest BCUT2D eigenvalue weighted by molar-refractivity contribution is -0.0980. The molecule has 1 N–H and O–H groups in total. The number of nitrogens with one attached hydrogen (secondary N) is 1. The fraction of sp³-hybridized carbons (Fsp3) is 0.643. The molecular formula is C14H21N3O2S. The zero-order chi connectivity index (χ0) is 14.3. The lowest BCUT2D eigenvalue weighted by Gasteiger charge is -2.51. The average Bonchev–Trinajstić information content (AvgIpc) is 2.99. The van der Waals surface area contributed by atoms with E-state index in [9.17, 15) is 0 Å². The van der Waals surface area contributed by atoms with Gasteiger partial charge in [-0.15, -0.1) is 11.3 Å². The number of aromatic nitrogens is 2. The Hall–Kier alpha value is -1.11. The molecule has 3 rings (SSSR count). The third kappa shape index (κ3) is 2.03. The summed E-state index contributed by atoms with van der Waals surface area (Å²) in [5.41, 5.74) is 1.25. The van der Waals surface area contributed by atoms with Crippen molar-refractivity contribution < 1.29 is 9.47 Å². The molecule has 2 unspecified atom stereocenters. The van der Waals surface area contributed by atoms with Crippen molar-refractivity contribution in [3.05, 3.63) is 17.3 Å². The monoisotopic (exact) mass is 295 g/mol. The molecule has 5 nitrogen and oxygen atoms in total. The molecule has 2 aromatic heterocycles. The number of ether oxygens (including phenoxy) is 2. The molecule has 0 spiro atoms. The summed E-state index contributed by atoms with van der Waals surface area (Å²) in [4.78, 5) is 5.45. The van der Waals surface area contributed by atoms with Crippen LogP contribution in [0.5, 0.6) is 5.88 Å². The van der Waals surface area contributed by atoms with Gasteiger partial charge in [-0.1, -0.05) is 13.8 Å². The average molecular weight is 295 g/mol. The Bertz CT molecular complexity index is 605. The van der Waals surface area contributed by atoms with Crippen molar-refractivity contribution >= 4 is 16.3 Å². The van der Waals surface area contributed by atoms with Gasteiger partial charge in [-0.3, -0.25) is 4.40 Å². The highest BCUT2D eigenvalue weighted by Crippen LogP contribution is 2.42. The molecule has 1 aliphatic carbocycles. The van der Waals surface area contributed by atoms with Crippen LogP contribution in [0.4, 0.5) is 0 Å². The molecule has 0 radical (unpaired) electrons. The van der Waals surface area contributed by atoms with Crippen molar-refractivity contribution in [2.24, 2.45) is 5.41 Å². The standard InChI is InChI=1S/C14H21N3O2S/c1-14(2)10(7-11(14)18-3)15-8-9-12(19-4)16-13-17(9)5-6-20-13/h5-6,10-11,15H,7-8H2,1-4H3. The highest BCUT2D eigenvalue weighted by Gasteiger charge is 2.48. The predicted molar refractivity (Wildman–Crippen MR) is 79.4 cm³/mol. The lowest BCUT2D eigenvalue weighted by atomic mass is 9.64. The molecule has 0 saturated heterocycles. The normalized spacial score (nSPS) is 24.8. The molecule has 110 valence electrons. The molecule has 0 amide bonds. The maximum Gasteiger partial charge on any atom is 0.237 e. The van der Waals surface area contributed by atoms with Crippen molar-refractivity contribution in [3.63, 3.8) is 0 Å². The van der Waals surface area contributed by atoms with Crippen LogP contribution in [-0.2, 0) is 11.3 Å². The van der Waals surface area contributed by atoms with E-state index in [0.717, 1.165) is 23.6 Å². The first-order valence-electron chi connectivity index (χ1n) is 6.82. The minimum atomic E-state index is 0.167. The summed E-state index contributed by atoms with van der Waals surface area (Å²) in [5.74, 6) is 0.713. The van der Waals surface area contributed by atoms with E-state index < -0.39 is 0 Å². The van der Waals surface area contributed by atoms with E-state index >= 15 is 0 Å². The van der Waals surface area contributed by atoms with Gasteiger partial charge in [0.1, 0.15) is 5.69 Å². The largest absolute Gasteiger partial charge is 0.480 e. The summed E-state index contributed by atoms with van der Waals surface area (Å²) in [6, 6.07) is 0.460. The minimum Gasteiger partial charge on any atom is -0.480 e. The molecule has 2 aromatic rings. The molecule has 2 atom stereocenters. The van der Waals surface area contributed by atoms with Crippen LogP contribution in [0.25, 0.3) is 4.96 Å². The molecule has 0 aliphatic heterocycles. The number of imidazole rings is 1. The Morgan fingerprint density at radius 2 is 2.30 bits per heavy atom. The topological polar surface area (TPSA) is 47.8 Å². The van der Waals surface area contributed by atoms with Gasteiger partial charge in [0.15, 0.2) is 4.96 Å². The Morgan fingerprint density at radius 3 is 2.95 bits per heavy atom. The molecule has 0 aromatic carbocycles. The summed E-state index contributed by atoms with van der Waals surface area (Å²) in [6.07, 6.45) is 3.43. The van der Waals surface area contributed by atoms with Gasteiger partial charge < -0.3 is 14.8 Å². The zero-order valence-corrected chi connectivity index (χ0v) is 13.2. The van der Waals surface area contributed by atoms with Gasteiger partial charge in [0.05, 0.1) is 13.2 Å². The van der Waals surface area contributed by atoms with E-state index in [1.807, 2.05) is 11.6 Å². The van der Waals surface area contributed by atoms with Crippen LogP contribution < -0.4 is 10.1 Å². The van der Waals surface area contributed by atoms with Gasteiger partial charge in [-0.25, -0.2) is 0 Å². The number of hydrogen-bond acceptors (Lipinski definition) is 5. The fourth-order valence-electron chi connectivity index (χ4n) is 2.99. The van der Waals surface area contributed by atoms with Crippen LogP contribution in [0.15, 0.2) is 11.6 Å². The van der Waals surface area contributed by atoms with E-state index in [1.54, 1.807) is 25.6 Å². The van der Waals surface area contributed by atoms with E-state index in [2.05, 4.69) is 28.5 Å². The summed E-state index contributed by atoms with van der Waals surface area (Å²) >= 11 is 1.62. The van der Waals surface area contributed by atoms with Crippen LogP contribution >= 0.6 is 11.3 Å². The van der Waals surface area contributed by atoms with Gasteiger partial charge in [0.25, 0.3) is 0 Å². The molecule has 1 aliphatic rings. The fourth-order valence-corrected chi connectivity index (χ4v) is 3.71. The minimum absolute atomic E-state index is 0.167. The van der Waals surface area contributed by atoms with Crippen molar-refractivity contribution in [3.8, 4) is 5.88 Å². The van der Waals surface area contributed by atoms with Crippen molar-refractivity contribution in [2.75, 3.05) is 14.2 Å². The van der Waals surface area contributed by atoms with Gasteiger partial charge in [-0.2, -0.15) is 4.98 Å². The SMILES string of the molecule is COc1nc2sccn2c1CNC1CC(OC)C1(C)C. The molecule has 6 heteroatoms. The Labute approximate surface area is 122 Å². The van der Waals surface area contributed by atoms with Crippen molar-refractivity contribution in [2.45, 2.75) is 39.0 Å². The quantitative estimate of drug-likeness (QED) is 0.919. The summed E-state index contributed by atoms with van der Waals surface area (Å²) in [7, 11) is 3.46.